The van der Waals surface area contributed by atoms with E-state index >= 15 is 0 Å². The van der Waals surface area contributed by atoms with E-state index in [1.54, 1.807) is 4.40 Å². The minimum Gasteiger partial charge on any atom is -0.456 e. The van der Waals surface area contributed by atoms with Gasteiger partial charge in [-0.1, -0.05) is 6.07 Å². The minimum atomic E-state index is -2.98. The van der Waals surface area contributed by atoms with Crippen molar-refractivity contribution >= 4 is 22.3 Å². The van der Waals surface area contributed by atoms with Gasteiger partial charge in [-0.15, -0.1) is 11.3 Å². The monoisotopic (exact) mass is 406 g/mol. The van der Waals surface area contributed by atoms with Crippen molar-refractivity contribution in [2.75, 3.05) is 0 Å². The fourth-order valence-electron chi connectivity index (χ4n) is 3.24. The molecule has 9 heteroatoms. The van der Waals surface area contributed by atoms with Gasteiger partial charge in [-0.3, -0.25) is 9.20 Å². The first-order valence-corrected chi connectivity index (χ1v) is 9.58. The molecule has 146 valence electrons. The van der Waals surface area contributed by atoms with Crippen molar-refractivity contribution in [3.05, 3.63) is 62.5 Å². The Morgan fingerprint density at radius 1 is 1.25 bits per heavy atom. The third-order valence-corrected chi connectivity index (χ3v) is 5.60. The molecule has 0 bridgehead atoms. The Kier molecular flexibility index (Phi) is 5.08. The molecule has 0 aliphatic heterocycles. The van der Waals surface area contributed by atoms with E-state index in [4.69, 9.17) is 4.74 Å². The number of hydrogen-bond donors (Lipinski definition) is 0. The van der Waals surface area contributed by atoms with Gasteiger partial charge in [-0.2, -0.15) is 8.78 Å². The molecule has 0 atom stereocenters. The van der Waals surface area contributed by atoms with Gasteiger partial charge < -0.3 is 9.47 Å². The molecule has 0 saturated heterocycles. The lowest BCUT2D eigenvalue weighted by atomic mass is 10.0. The van der Waals surface area contributed by atoms with E-state index in [0.29, 0.717) is 10.7 Å². The molecule has 1 aliphatic rings. The molecule has 0 N–H and O–H groups in total. The number of aryl methyl sites for hydroxylation is 2. The molecule has 2 aromatic heterocycles. The van der Waals surface area contributed by atoms with Crippen molar-refractivity contribution < 1.29 is 23.0 Å². The lowest BCUT2D eigenvalue weighted by Gasteiger charge is -2.10. The van der Waals surface area contributed by atoms with Crippen molar-refractivity contribution in [1.29, 1.82) is 0 Å². The fraction of sp³-hybridized carbons (Fsp3) is 0.316. The minimum absolute atomic E-state index is 0.0718. The molecule has 0 amide bonds. The Morgan fingerprint density at radius 2 is 2.07 bits per heavy atom. The number of benzene rings is 1. The summed E-state index contributed by atoms with van der Waals surface area (Å²) in [6.07, 6.45) is 3.97. The molecule has 0 radical (unpaired) electrons. The van der Waals surface area contributed by atoms with Crippen LogP contribution in [-0.2, 0) is 24.2 Å². The second kappa shape index (κ2) is 7.67. The first-order valence-electron chi connectivity index (χ1n) is 8.76. The van der Waals surface area contributed by atoms with E-state index in [9.17, 15) is 18.4 Å². The predicted octanol–water partition coefficient (Wildman–Crippen LogP) is 3.59. The first kappa shape index (κ1) is 18.5. The number of esters is 1. The SMILES string of the molecule is O=C(OCc1cc(=O)n2c3c(sc2n1)CCCC3)c1cccc(OC(F)F)c1. The van der Waals surface area contributed by atoms with Gasteiger partial charge in [0.05, 0.1) is 11.3 Å². The van der Waals surface area contributed by atoms with Crippen LogP contribution in [0.4, 0.5) is 8.78 Å². The highest BCUT2D eigenvalue weighted by Crippen LogP contribution is 2.28. The lowest BCUT2D eigenvalue weighted by molar-refractivity contribution is -0.0499. The van der Waals surface area contributed by atoms with E-state index < -0.39 is 12.6 Å². The van der Waals surface area contributed by atoms with Crippen molar-refractivity contribution in [1.82, 2.24) is 9.38 Å². The molecule has 1 aliphatic carbocycles. The van der Waals surface area contributed by atoms with Crippen LogP contribution in [0.5, 0.6) is 5.75 Å². The molecule has 0 spiro atoms. The van der Waals surface area contributed by atoms with Crippen molar-refractivity contribution in [3.63, 3.8) is 0 Å². The zero-order valence-electron chi connectivity index (χ0n) is 14.7. The summed E-state index contributed by atoms with van der Waals surface area (Å²) >= 11 is 1.49. The highest BCUT2D eigenvalue weighted by Gasteiger charge is 2.19. The third kappa shape index (κ3) is 3.75. The molecular weight excluding hydrogens is 390 g/mol. The van der Waals surface area contributed by atoms with Crippen LogP contribution >= 0.6 is 11.3 Å². The molecule has 28 heavy (non-hydrogen) atoms. The number of rotatable bonds is 5. The Morgan fingerprint density at radius 3 is 2.89 bits per heavy atom. The van der Waals surface area contributed by atoms with Crippen LogP contribution in [0.1, 0.15) is 39.5 Å². The maximum absolute atomic E-state index is 12.5. The van der Waals surface area contributed by atoms with E-state index in [0.717, 1.165) is 31.4 Å². The predicted molar refractivity (Wildman–Crippen MR) is 98.2 cm³/mol. The van der Waals surface area contributed by atoms with Crippen LogP contribution in [0.2, 0.25) is 0 Å². The van der Waals surface area contributed by atoms with E-state index in [-0.39, 0.29) is 23.5 Å². The number of aromatic nitrogens is 2. The van der Waals surface area contributed by atoms with Gasteiger partial charge in [0.2, 0.25) is 0 Å². The smallest absolute Gasteiger partial charge is 0.387 e. The van der Waals surface area contributed by atoms with Crippen LogP contribution in [-0.4, -0.2) is 22.0 Å². The van der Waals surface area contributed by atoms with Crippen molar-refractivity contribution in [2.45, 2.75) is 38.9 Å². The number of ether oxygens (including phenoxy) is 2. The summed E-state index contributed by atoms with van der Waals surface area (Å²) in [5.41, 5.74) is 1.25. The summed E-state index contributed by atoms with van der Waals surface area (Å²) in [6.45, 7) is -3.17. The average molecular weight is 406 g/mol. The van der Waals surface area contributed by atoms with Crippen LogP contribution < -0.4 is 10.3 Å². The fourth-order valence-corrected chi connectivity index (χ4v) is 4.47. The van der Waals surface area contributed by atoms with E-state index in [2.05, 4.69) is 9.72 Å². The van der Waals surface area contributed by atoms with Crippen LogP contribution in [0.25, 0.3) is 4.96 Å². The van der Waals surface area contributed by atoms with Crippen LogP contribution in [0.3, 0.4) is 0 Å². The average Bonchev–Trinajstić information content (AvgIpc) is 3.04. The molecule has 0 fully saturated rings. The summed E-state index contributed by atoms with van der Waals surface area (Å²) in [5.74, 6) is -0.849. The van der Waals surface area contributed by atoms with Gasteiger partial charge >= 0.3 is 12.6 Å². The number of thiazole rings is 1. The zero-order valence-corrected chi connectivity index (χ0v) is 15.5. The molecule has 6 nitrogen and oxygen atoms in total. The second-order valence-electron chi connectivity index (χ2n) is 6.37. The van der Waals surface area contributed by atoms with E-state index in [1.165, 1.54) is 46.5 Å². The van der Waals surface area contributed by atoms with Gasteiger partial charge in [0.1, 0.15) is 12.4 Å². The number of hydrogen-bond acceptors (Lipinski definition) is 6. The topological polar surface area (TPSA) is 69.9 Å². The zero-order chi connectivity index (χ0) is 19.7. The Bertz CT molecular complexity index is 1090. The highest BCUT2D eigenvalue weighted by molar-refractivity contribution is 7.17. The summed E-state index contributed by atoms with van der Waals surface area (Å²) in [6, 6.07) is 6.70. The summed E-state index contributed by atoms with van der Waals surface area (Å²) in [5, 5.41) is 0. The summed E-state index contributed by atoms with van der Waals surface area (Å²) in [4.78, 5) is 30.9. The Labute approximate surface area is 162 Å². The van der Waals surface area contributed by atoms with Gasteiger partial charge in [0.25, 0.3) is 5.56 Å². The van der Waals surface area contributed by atoms with Gasteiger partial charge in [0, 0.05) is 16.6 Å². The first-order chi connectivity index (χ1) is 13.5. The molecule has 0 saturated carbocycles. The maximum atomic E-state index is 12.5. The van der Waals surface area contributed by atoms with Crippen LogP contribution in [0, 0.1) is 0 Å². The van der Waals surface area contributed by atoms with E-state index in [1.807, 2.05) is 0 Å². The van der Waals surface area contributed by atoms with Crippen molar-refractivity contribution in [2.24, 2.45) is 0 Å². The maximum Gasteiger partial charge on any atom is 0.387 e. The number of alkyl halides is 2. The van der Waals surface area contributed by atoms with Crippen LogP contribution in [0.15, 0.2) is 35.1 Å². The molecule has 4 rings (SSSR count). The standard InChI is InChI=1S/C19H16F2N2O4S/c20-18(21)27-13-5-3-4-11(8-13)17(25)26-10-12-9-16(24)23-14-6-1-2-7-15(14)28-19(23)22-12/h3-5,8-9,18H,1-2,6-7,10H2. The largest absolute Gasteiger partial charge is 0.456 e. The molecule has 3 aromatic rings. The van der Waals surface area contributed by atoms with Gasteiger partial charge in [0.15, 0.2) is 4.96 Å². The summed E-state index contributed by atoms with van der Waals surface area (Å²) in [7, 11) is 0. The quantitative estimate of drug-likeness (QED) is 0.606. The Balaban J connectivity index is 1.51. The van der Waals surface area contributed by atoms with Gasteiger partial charge in [-0.05, 0) is 43.9 Å². The second-order valence-corrected chi connectivity index (χ2v) is 7.43. The third-order valence-electron chi connectivity index (χ3n) is 4.46. The van der Waals surface area contributed by atoms with Gasteiger partial charge in [-0.25, -0.2) is 9.78 Å². The molecule has 2 heterocycles. The highest BCUT2D eigenvalue weighted by atomic mass is 32.1. The molecular formula is C19H16F2N2O4S. The van der Waals surface area contributed by atoms with Crippen molar-refractivity contribution in [3.8, 4) is 5.75 Å². The number of carbonyl (C=O) groups is 1. The number of nitrogens with zero attached hydrogens (tertiary/aromatic N) is 2. The number of fused-ring (bicyclic) bond motifs is 3. The lowest BCUT2D eigenvalue weighted by Crippen LogP contribution is -2.18. The number of carbonyl (C=O) groups excluding carboxylic acids is 1. The molecule has 1 aromatic carbocycles. The molecule has 0 unspecified atom stereocenters. The number of halogens is 2. The Hall–Kier alpha value is -2.81. The summed E-state index contributed by atoms with van der Waals surface area (Å²) < 4.78 is 35.7. The normalized spacial score (nSPS) is 13.5.